The monoisotopic (exact) mass is 445 g/mol. The zero-order chi connectivity index (χ0) is 23.5. The second-order valence-corrected chi connectivity index (χ2v) is 8.89. The van der Waals surface area contributed by atoms with E-state index in [0.717, 1.165) is 5.52 Å². The molecule has 2 heterocycles. The first-order valence-electron chi connectivity index (χ1n) is 10.8. The number of hydrogen-bond acceptors (Lipinski definition) is 7. The number of nitrogens with zero attached hydrogens (tertiary/aromatic N) is 3. The number of carbonyl (C=O) groups is 3. The molecule has 0 bridgehead atoms. The summed E-state index contributed by atoms with van der Waals surface area (Å²) in [6, 6.07) is 7.41. The molecular formula is C23H31N3O6. The van der Waals surface area contributed by atoms with E-state index in [2.05, 4.69) is 9.72 Å². The molecule has 32 heavy (non-hydrogen) atoms. The van der Waals surface area contributed by atoms with Gasteiger partial charge in [-0.1, -0.05) is 12.1 Å². The first kappa shape index (κ1) is 23.7. The molecule has 1 amide bonds. The highest BCUT2D eigenvalue weighted by Crippen LogP contribution is 2.28. The number of methoxy groups -OCH3 is 1. The lowest BCUT2D eigenvalue weighted by Gasteiger charge is -2.33. The maximum absolute atomic E-state index is 13.4. The molecule has 1 atom stereocenters. The molecule has 1 aliphatic rings. The Bertz CT molecular complexity index is 985. The fourth-order valence-corrected chi connectivity index (χ4v) is 3.74. The average molecular weight is 446 g/mol. The summed E-state index contributed by atoms with van der Waals surface area (Å²) < 4.78 is 17.4. The van der Waals surface area contributed by atoms with Crippen molar-refractivity contribution in [3.05, 3.63) is 30.1 Å². The number of imidazole rings is 1. The molecule has 0 saturated carbocycles. The van der Waals surface area contributed by atoms with Gasteiger partial charge in [-0.25, -0.2) is 14.6 Å². The van der Waals surface area contributed by atoms with E-state index in [0.29, 0.717) is 37.3 Å². The SMILES string of the molecule is COC(=O)COC(C)n1c(C(=O)C2CCN(C(=O)OC(C)(C)C)CC2)nc2ccccc21. The molecule has 0 N–H and O–H groups in total. The summed E-state index contributed by atoms with van der Waals surface area (Å²) in [5.41, 5.74) is 0.865. The van der Waals surface area contributed by atoms with Crippen molar-refractivity contribution in [2.75, 3.05) is 26.8 Å². The minimum absolute atomic E-state index is 0.0986. The third-order valence-electron chi connectivity index (χ3n) is 5.37. The Morgan fingerprint density at radius 3 is 2.44 bits per heavy atom. The fraction of sp³-hybridized carbons (Fsp3) is 0.565. The van der Waals surface area contributed by atoms with Crippen LogP contribution in [0.1, 0.15) is 57.4 Å². The number of fused-ring (bicyclic) bond motifs is 1. The quantitative estimate of drug-likeness (QED) is 0.495. The van der Waals surface area contributed by atoms with E-state index in [1.165, 1.54) is 7.11 Å². The number of ether oxygens (including phenoxy) is 3. The summed E-state index contributed by atoms with van der Waals surface area (Å²) in [7, 11) is 1.29. The van der Waals surface area contributed by atoms with Crippen LogP contribution in [0.25, 0.3) is 11.0 Å². The van der Waals surface area contributed by atoms with Gasteiger partial charge in [-0.05, 0) is 52.7 Å². The molecule has 3 rings (SSSR count). The van der Waals surface area contributed by atoms with Crippen molar-refractivity contribution in [1.29, 1.82) is 0 Å². The third-order valence-corrected chi connectivity index (χ3v) is 5.37. The number of para-hydroxylation sites is 2. The largest absolute Gasteiger partial charge is 0.467 e. The van der Waals surface area contributed by atoms with Crippen LogP contribution in [0.3, 0.4) is 0 Å². The minimum Gasteiger partial charge on any atom is -0.467 e. The molecule has 1 unspecified atom stereocenters. The average Bonchev–Trinajstić information content (AvgIpc) is 3.15. The van der Waals surface area contributed by atoms with Crippen LogP contribution in [0.5, 0.6) is 0 Å². The predicted octanol–water partition coefficient (Wildman–Crippen LogP) is 3.57. The van der Waals surface area contributed by atoms with Crippen molar-refractivity contribution in [1.82, 2.24) is 14.5 Å². The first-order valence-corrected chi connectivity index (χ1v) is 10.8. The van der Waals surface area contributed by atoms with E-state index in [9.17, 15) is 14.4 Å². The van der Waals surface area contributed by atoms with Gasteiger partial charge in [0.25, 0.3) is 0 Å². The van der Waals surface area contributed by atoms with E-state index < -0.39 is 17.8 Å². The van der Waals surface area contributed by atoms with E-state index in [-0.39, 0.29) is 24.4 Å². The molecule has 1 saturated heterocycles. The Morgan fingerprint density at radius 1 is 1.16 bits per heavy atom. The summed E-state index contributed by atoms with van der Waals surface area (Å²) in [4.78, 5) is 43.5. The number of Topliss-reactive ketones (excluding diaryl/α,β-unsaturated/α-hetero) is 1. The summed E-state index contributed by atoms with van der Waals surface area (Å²) in [6.07, 6.45) is 0.0972. The number of piperidine rings is 1. The summed E-state index contributed by atoms with van der Waals surface area (Å²) in [5, 5.41) is 0. The molecule has 9 nitrogen and oxygen atoms in total. The van der Waals surface area contributed by atoms with Crippen LogP contribution in [0.2, 0.25) is 0 Å². The molecule has 9 heteroatoms. The van der Waals surface area contributed by atoms with Gasteiger partial charge in [0.1, 0.15) is 18.4 Å². The van der Waals surface area contributed by atoms with Gasteiger partial charge < -0.3 is 19.1 Å². The fourth-order valence-electron chi connectivity index (χ4n) is 3.74. The van der Waals surface area contributed by atoms with Gasteiger partial charge in [0.2, 0.25) is 5.78 Å². The predicted molar refractivity (Wildman–Crippen MR) is 117 cm³/mol. The normalized spacial score (nSPS) is 16.1. The van der Waals surface area contributed by atoms with Crippen LogP contribution in [-0.4, -0.2) is 64.7 Å². The van der Waals surface area contributed by atoms with Crippen LogP contribution < -0.4 is 0 Å². The zero-order valence-corrected chi connectivity index (χ0v) is 19.3. The van der Waals surface area contributed by atoms with Crippen LogP contribution in [-0.2, 0) is 19.0 Å². The Morgan fingerprint density at radius 2 is 1.81 bits per heavy atom. The highest BCUT2D eigenvalue weighted by Gasteiger charge is 2.33. The van der Waals surface area contributed by atoms with Crippen LogP contribution >= 0.6 is 0 Å². The minimum atomic E-state index is -0.595. The molecule has 1 aromatic carbocycles. The van der Waals surface area contributed by atoms with Gasteiger partial charge in [0.15, 0.2) is 5.82 Å². The smallest absolute Gasteiger partial charge is 0.410 e. The van der Waals surface area contributed by atoms with Crippen molar-refractivity contribution in [2.45, 2.75) is 52.4 Å². The highest BCUT2D eigenvalue weighted by molar-refractivity contribution is 5.98. The maximum atomic E-state index is 13.4. The molecule has 174 valence electrons. The summed E-state index contributed by atoms with van der Waals surface area (Å²) in [5.74, 6) is -0.571. The molecule has 0 radical (unpaired) electrons. The number of likely N-dealkylation sites (tertiary alicyclic amines) is 1. The van der Waals surface area contributed by atoms with Crippen LogP contribution in [0.4, 0.5) is 4.79 Å². The van der Waals surface area contributed by atoms with E-state index in [1.807, 2.05) is 45.0 Å². The molecule has 1 aliphatic heterocycles. The topological polar surface area (TPSA) is 100.0 Å². The number of esters is 1. The lowest BCUT2D eigenvalue weighted by atomic mass is 9.92. The zero-order valence-electron chi connectivity index (χ0n) is 19.3. The molecule has 0 spiro atoms. The highest BCUT2D eigenvalue weighted by atomic mass is 16.6. The van der Waals surface area contributed by atoms with Gasteiger partial charge in [-0.3, -0.25) is 9.36 Å². The lowest BCUT2D eigenvalue weighted by Crippen LogP contribution is -2.43. The van der Waals surface area contributed by atoms with Gasteiger partial charge in [0, 0.05) is 19.0 Å². The Kier molecular flexibility index (Phi) is 7.18. The second kappa shape index (κ2) is 9.68. The van der Waals surface area contributed by atoms with Gasteiger partial charge in [0.05, 0.1) is 18.1 Å². The van der Waals surface area contributed by atoms with Gasteiger partial charge in [-0.2, -0.15) is 0 Å². The Labute approximate surface area is 187 Å². The number of rotatable bonds is 6. The molecule has 0 aliphatic carbocycles. The number of benzene rings is 1. The number of hydrogen-bond donors (Lipinski definition) is 0. The van der Waals surface area contributed by atoms with E-state index >= 15 is 0 Å². The van der Waals surface area contributed by atoms with Crippen LogP contribution in [0.15, 0.2) is 24.3 Å². The Balaban J connectivity index is 1.77. The van der Waals surface area contributed by atoms with E-state index in [1.54, 1.807) is 16.4 Å². The maximum Gasteiger partial charge on any atom is 0.410 e. The molecule has 1 aromatic heterocycles. The van der Waals surface area contributed by atoms with Gasteiger partial charge >= 0.3 is 12.1 Å². The summed E-state index contributed by atoms with van der Waals surface area (Å²) >= 11 is 0. The molecule has 1 fully saturated rings. The number of amides is 1. The number of carbonyl (C=O) groups excluding carboxylic acids is 3. The standard InChI is InChI=1S/C23H31N3O6/c1-15(31-14-19(27)30-5)26-18-9-7-6-8-17(18)24-21(26)20(28)16-10-12-25(13-11-16)22(29)32-23(2,3)4/h6-9,15-16H,10-14H2,1-5H3. The number of ketones is 1. The van der Waals surface area contributed by atoms with Crippen molar-refractivity contribution in [3.63, 3.8) is 0 Å². The van der Waals surface area contributed by atoms with Crippen molar-refractivity contribution < 1.29 is 28.6 Å². The van der Waals surface area contributed by atoms with E-state index in [4.69, 9.17) is 9.47 Å². The first-order chi connectivity index (χ1) is 15.1. The second-order valence-electron chi connectivity index (χ2n) is 8.89. The lowest BCUT2D eigenvalue weighted by molar-refractivity contribution is -0.149. The summed E-state index contributed by atoms with van der Waals surface area (Å²) in [6.45, 7) is 7.91. The van der Waals surface area contributed by atoms with Crippen LogP contribution in [0, 0.1) is 5.92 Å². The van der Waals surface area contributed by atoms with Crippen molar-refractivity contribution in [3.8, 4) is 0 Å². The third kappa shape index (κ3) is 5.45. The molecule has 2 aromatic rings. The molecular weight excluding hydrogens is 414 g/mol. The van der Waals surface area contributed by atoms with Crippen molar-refractivity contribution >= 4 is 28.9 Å². The van der Waals surface area contributed by atoms with Gasteiger partial charge in [-0.15, -0.1) is 0 Å². The Hall–Kier alpha value is -2.94. The number of aromatic nitrogens is 2. The van der Waals surface area contributed by atoms with Crippen molar-refractivity contribution in [2.24, 2.45) is 5.92 Å².